The molecular weight excluding hydrogens is 236 g/mol. The molecule has 1 unspecified atom stereocenters. The molecular formula is C15H30N4. The first-order chi connectivity index (χ1) is 9.29. The van der Waals surface area contributed by atoms with Crippen LogP contribution in [0.3, 0.4) is 0 Å². The van der Waals surface area contributed by atoms with Crippen molar-refractivity contribution in [2.75, 3.05) is 39.3 Å². The van der Waals surface area contributed by atoms with Crippen LogP contribution in [-0.2, 0) is 0 Å². The Morgan fingerprint density at radius 3 is 2.53 bits per heavy atom. The van der Waals surface area contributed by atoms with E-state index in [1.165, 1.54) is 58.2 Å². The van der Waals surface area contributed by atoms with E-state index in [4.69, 9.17) is 5.73 Å². The molecule has 2 fully saturated rings. The van der Waals surface area contributed by atoms with Crippen molar-refractivity contribution in [2.24, 2.45) is 16.6 Å². The SMILES string of the molecule is CCN1CCCC(CN=C(N)N2CCCCCC2)C1. The molecule has 2 rings (SSSR count). The molecule has 4 nitrogen and oxygen atoms in total. The predicted octanol–water partition coefficient (Wildman–Crippen LogP) is 1.91. The van der Waals surface area contributed by atoms with Gasteiger partial charge < -0.3 is 15.5 Å². The van der Waals surface area contributed by atoms with Crippen molar-refractivity contribution in [3.63, 3.8) is 0 Å². The lowest BCUT2D eigenvalue weighted by Gasteiger charge is -2.31. The smallest absolute Gasteiger partial charge is 0.191 e. The molecule has 0 aromatic carbocycles. The number of likely N-dealkylation sites (tertiary alicyclic amines) is 2. The quantitative estimate of drug-likeness (QED) is 0.627. The molecule has 19 heavy (non-hydrogen) atoms. The van der Waals surface area contributed by atoms with E-state index in [2.05, 4.69) is 21.7 Å². The van der Waals surface area contributed by atoms with Crippen LogP contribution < -0.4 is 5.73 Å². The fraction of sp³-hybridized carbons (Fsp3) is 0.933. The molecule has 0 aromatic rings. The van der Waals surface area contributed by atoms with Crippen molar-refractivity contribution in [1.29, 1.82) is 0 Å². The third-order valence-electron chi connectivity index (χ3n) is 4.49. The Labute approximate surface area is 118 Å². The molecule has 0 amide bonds. The summed E-state index contributed by atoms with van der Waals surface area (Å²) in [5, 5.41) is 0. The number of rotatable bonds is 3. The van der Waals surface area contributed by atoms with Gasteiger partial charge in [-0.1, -0.05) is 19.8 Å². The number of nitrogens with zero attached hydrogens (tertiary/aromatic N) is 3. The first-order valence-electron chi connectivity index (χ1n) is 8.07. The molecule has 0 radical (unpaired) electrons. The van der Waals surface area contributed by atoms with Crippen molar-refractivity contribution in [3.8, 4) is 0 Å². The minimum absolute atomic E-state index is 0.708. The van der Waals surface area contributed by atoms with Crippen LogP contribution in [0.15, 0.2) is 4.99 Å². The fourth-order valence-corrected chi connectivity index (χ4v) is 3.21. The van der Waals surface area contributed by atoms with Gasteiger partial charge in [-0.25, -0.2) is 0 Å². The van der Waals surface area contributed by atoms with E-state index in [1.54, 1.807) is 0 Å². The number of guanidine groups is 1. The maximum absolute atomic E-state index is 6.16. The highest BCUT2D eigenvalue weighted by Gasteiger charge is 2.19. The maximum Gasteiger partial charge on any atom is 0.191 e. The van der Waals surface area contributed by atoms with Gasteiger partial charge in [0.15, 0.2) is 5.96 Å². The second-order valence-electron chi connectivity index (χ2n) is 6.00. The zero-order valence-corrected chi connectivity index (χ0v) is 12.5. The van der Waals surface area contributed by atoms with E-state index in [1.807, 2.05) is 0 Å². The van der Waals surface area contributed by atoms with Gasteiger partial charge in [-0.15, -0.1) is 0 Å². The summed E-state index contributed by atoms with van der Waals surface area (Å²) in [5.74, 6) is 1.50. The molecule has 0 saturated carbocycles. The molecule has 2 heterocycles. The lowest BCUT2D eigenvalue weighted by molar-refractivity contribution is 0.186. The zero-order chi connectivity index (χ0) is 13.5. The van der Waals surface area contributed by atoms with Gasteiger partial charge in [0.2, 0.25) is 0 Å². The molecule has 0 aliphatic carbocycles. The van der Waals surface area contributed by atoms with E-state index in [-0.39, 0.29) is 0 Å². The summed E-state index contributed by atoms with van der Waals surface area (Å²) in [4.78, 5) is 9.49. The van der Waals surface area contributed by atoms with E-state index in [9.17, 15) is 0 Å². The summed E-state index contributed by atoms with van der Waals surface area (Å²) in [5.41, 5.74) is 6.16. The van der Waals surface area contributed by atoms with Crippen LogP contribution in [0, 0.1) is 5.92 Å². The third kappa shape index (κ3) is 4.68. The first kappa shape index (κ1) is 14.6. The van der Waals surface area contributed by atoms with Crippen molar-refractivity contribution in [1.82, 2.24) is 9.80 Å². The molecule has 2 saturated heterocycles. The number of nitrogens with two attached hydrogens (primary N) is 1. The molecule has 2 aliphatic heterocycles. The second kappa shape index (κ2) is 7.73. The monoisotopic (exact) mass is 266 g/mol. The average Bonchev–Trinajstić information content (AvgIpc) is 2.74. The van der Waals surface area contributed by atoms with E-state index in [0.717, 1.165) is 25.6 Å². The Morgan fingerprint density at radius 1 is 1.11 bits per heavy atom. The maximum atomic E-state index is 6.16. The summed E-state index contributed by atoms with van der Waals surface area (Å²) < 4.78 is 0. The number of piperidine rings is 1. The van der Waals surface area contributed by atoms with Crippen molar-refractivity contribution in [2.45, 2.75) is 45.4 Å². The van der Waals surface area contributed by atoms with Crippen molar-refractivity contribution >= 4 is 5.96 Å². The topological polar surface area (TPSA) is 44.9 Å². The van der Waals surface area contributed by atoms with Gasteiger partial charge in [0.25, 0.3) is 0 Å². The van der Waals surface area contributed by atoms with Gasteiger partial charge in [0, 0.05) is 26.2 Å². The Bertz CT molecular complexity index is 282. The summed E-state index contributed by atoms with van der Waals surface area (Å²) in [7, 11) is 0. The number of aliphatic imine (C=N–C) groups is 1. The third-order valence-corrected chi connectivity index (χ3v) is 4.49. The minimum atomic E-state index is 0.708. The fourth-order valence-electron chi connectivity index (χ4n) is 3.21. The molecule has 4 heteroatoms. The molecule has 1 atom stereocenters. The normalized spacial score (nSPS) is 27.3. The first-order valence-corrected chi connectivity index (χ1v) is 8.07. The van der Waals surface area contributed by atoms with E-state index in [0.29, 0.717) is 5.92 Å². The molecule has 2 N–H and O–H groups in total. The molecule has 110 valence electrons. The van der Waals surface area contributed by atoms with Crippen LogP contribution in [0.4, 0.5) is 0 Å². The van der Waals surface area contributed by atoms with Crippen LogP contribution in [0.2, 0.25) is 0 Å². The zero-order valence-electron chi connectivity index (χ0n) is 12.5. The second-order valence-corrected chi connectivity index (χ2v) is 6.00. The highest BCUT2D eigenvalue weighted by molar-refractivity contribution is 5.78. The summed E-state index contributed by atoms with van der Waals surface area (Å²) in [6.45, 7) is 8.99. The largest absolute Gasteiger partial charge is 0.370 e. The molecule has 2 aliphatic rings. The van der Waals surface area contributed by atoms with E-state index >= 15 is 0 Å². The lowest BCUT2D eigenvalue weighted by Crippen LogP contribution is -2.40. The van der Waals surface area contributed by atoms with Crippen LogP contribution in [0.25, 0.3) is 0 Å². The minimum Gasteiger partial charge on any atom is -0.370 e. The Morgan fingerprint density at radius 2 is 1.84 bits per heavy atom. The number of hydrogen-bond acceptors (Lipinski definition) is 2. The van der Waals surface area contributed by atoms with Gasteiger partial charge in [-0.05, 0) is 44.7 Å². The highest BCUT2D eigenvalue weighted by Crippen LogP contribution is 2.16. The number of hydrogen-bond donors (Lipinski definition) is 1. The van der Waals surface area contributed by atoms with Gasteiger partial charge in [0.1, 0.15) is 0 Å². The van der Waals surface area contributed by atoms with E-state index < -0.39 is 0 Å². The highest BCUT2D eigenvalue weighted by atomic mass is 15.2. The van der Waals surface area contributed by atoms with Crippen LogP contribution in [0.5, 0.6) is 0 Å². The van der Waals surface area contributed by atoms with Crippen molar-refractivity contribution < 1.29 is 0 Å². The Hall–Kier alpha value is -0.770. The van der Waals surface area contributed by atoms with Crippen LogP contribution in [-0.4, -0.2) is 55.0 Å². The summed E-state index contributed by atoms with van der Waals surface area (Å²) in [6, 6.07) is 0. The summed E-state index contributed by atoms with van der Waals surface area (Å²) >= 11 is 0. The predicted molar refractivity (Wildman–Crippen MR) is 81.4 cm³/mol. The standard InChI is InChI=1S/C15H30N4/c1-2-18-9-7-8-14(13-18)12-17-15(16)19-10-5-3-4-6-11-19/h14H,2-13H2,1H3,(H2,16,17). The average molecular weight is 266 g/mol. The van der Waals surface area contributed by atoms with Crippen LogP contribution in [0.1, 0.15) is 45.4 Å². The molecule has 0 aromatic heterocycles. The van der Waals surface area contributed by atoms with Crippen LogP contribution >= 0.6 is 0 Å². The lowest BCUT2D eigenvalue weighted by atomic mass is 9.98. The van der Waals surface area contributed by atoms with Gasteiger partial charge in [-0.3, -0.25) is 4.99 Å². The Kier molecular flexibility index (Phi) is 5.95. The summed E-state index contributed by atoms with van der Waals surface area (Å²) in [6.07, 6.45) is 7.85. The molecule has 0 spiro atoms. The van der Waals surface area contributed by atoms with Gasteiger partial charge in [-0.2, -0.15) is 0 Å². The van der Waals surface area contributed by atoms with Gasteiger partial charge >= 0.3 is 0 Å². The molecule has 0 bridgehead atoms. The van der Waals surface area contributed by atoms with Crippen molar-refractivity contribution in [3.05, 3.63) is 0 Å². The van der Waals surface area contributed by atoms with Gasteiger partial charge in [0.05, 0.1) is 0 Å². The Balaban J connectivity index is 1.79.